The van der Waals surface area contributed by atoms with E-state index < -0.39 is 17.7 Å². The topological polar surface area (TPSA) is 66.3 Å². The molecule has 0 spiro atoms. The first-order valence-corrected chi connectivity index (χ1v) is 8.37. The van der Waals surface area contributed by atoms with E-state index >= 15 is 0 Å². The van der Waals surface area contributed by atoms with Gasteiger partial charge >= 0.3 is 6.18 Å². The lowest BCUT2D eigenvalue weighted by atomic mass is 9.96. The molecule has 1 amide bonds. The normalized spacial score (nSPS) is 16.2. The number of amides is 1. The monoisotopic (exact) mass is 381 g/mol. The van der Waals surface area contributed by atoms with Crippen molar-refractivity contribution < 1.29 is 22.4 Å². The van der Waals surface area contributed by atoms with Crippen LogP contribution in [0.25, 0.3) is 5.65 Å². The zero-order valence-corrected chi connectivity index (χ0v) is 14.0. The van der Waals surface area contributed by atoms with Crippen molar-refractivity contribution in [1.82, 2.24) is 24.3 Å². The van der Waals surface area contributed by atoms with Gasteiger partial charge in [-0.05, 0) is 25.0 Å². The third-order valence-corrected chi connectivity index (χ3v) is 4.72. The maximum atomic E-state index is 13.7. The molecule has 6 nitrogen and oxygen atoms in total. The van der Waals surface area contributed by atoms with E-state index in [1.807, 2.05) is 0 Å². The Kier molecular flexibility index (Phi) is 4.12. The Hall–Kier alpha value is -2.91. The molecule has 1 saturated heterocycles. The molecule has 0 saturated carbocycles. The Morgan fingerprint density at radius 3 is 2.63 bits per heavy atom. The van der Waals surface area contributed by atoms with E-state index in [0.717, 1.165) is 6.20 Å². The van der Waals surface area contributed by atoms with Crippen LogP contribution in [0, 0.1) is 5.82 Å². The highest BCUT2D eigenvalue weighted by molar-refractivity contribution is 5.93. The third-order valence-electron chi connectivity index (χ3n) is 4.72. The molecule has 10 heteroatoms. The van der Waals surface area contributed by atoms with E-state index in [1.165, 1.54) is 22.7 Å². The van der Waals surface area contributed by atoms with Gasteiger partial charge in [-0.25, -0.2) is 14.4 Å². The molecule has 3 aromatic rings. The van der Waals surface area contributed by atoms with Crippen LogP contribution in [0.2, 0.25) is 0 Å². The Balaban J connectivity index is 1.44. The van der Waals surface area contributed by atoms with Gasteiger partial charge in [0.2, 0.25) is 0 Å². The van der Waals surface area contributed by atoms with Crippen molar-refractivity contribution in [2.24, 2.45) is 0 Å². The number of aromatic amines is 1. The van der Waals surface area contributed by atoms with E-state index in [0.29, 0.717) is 25.9 Å². The third kappa shape index (κ3) is 3.26. The number of nitrogens with zero attached hydrogens (tertiary/aromatic N) is 4. The molecule has 1 N–H and O–H groups in total. The molecule has 0 aliphatic carbocycles. The van der Waals surface area contributed by atoms with E-state index in [1.54, 1.807) is 11.1 Å². The van der Waals surface area contributed by atoms with Crippen LogP contribution in [0.15, 0.2) is 30.7 Å². The molecule has 0 unspecified atom stereocenters. The number of hydrogen-bond donors (Lipinski definition) is 1. The number of likely N-dealkylation sites (tertiary alicyclic amines) is 1. The Morgan fingerprint density at radius 2 is 2.00 bits per heavy atom. The number of hydrogen-bond acceptors (Lipinski definition) is 3. The summed E-state index contributed by atoms with van der Waals surface area (Å²) in [5, 5.41) is 0. The number of carbonyl (C=O) groups excluding carboxylic acids is 1. The highest BCUT2D eigenvalue weighted by Crippen LogP contribution is 2.31. The number of carbonyl (C=O) groups is 1. The van der Waals surface area contributed by atoms with E-state index in [4.69, 9.17) is 0 Å². The molecular weight excluding hydrogens is 366 g/mol. The summed E-state index contributed by atoms with van der Waals surface area (Å²) in [7, 11) is 0. The second-order valence-corrected chi connectivity index (χ2v) is 6.46. The zero-order valence-electron chi connectivity index (χ0n) is 14.0. The zero-order chi connectivity index (χ0) is 19.2. The van der Waals surface area contributed by atoms with Gasteiger partial charge in [-0.3, -0.25) is 4.79 Å². The average molecular weight is 381 g/mol. The van der Waals surface area contributed by atoms with Gasteiger partial charge in [-0.1, -0.05) is 0 Å². The maximum absolute atomic E-state index is 13.7. The molecular formula is C17H15F4N5O. The number of imidazole rings is 2. The molecule has 0 bridgehead atoms. The van der Waals surface area contributed by atoms with Gasteiger partial charge in [0, 0.05) is 31.4 Å². The number of aromatic nitrogens is 4. The van der Waals surface area contributed by atoms with Crippen LogP contribution in [0.1, 0.15) is 40.8 Å². The number of alkyl halides is 3. The number of piperidine rings is 1. The van der Waals surface area contributed by atoms with E-state index in [2.05, 4.69) is 15.0 Å². The summed E-state index contributed by atoms with van der Waals surface area (Å²) in [5.74, 6) is -0.742. The number of nitrogens with one attached hydrogen (secondary N) is 1. The SMILES string of the molecule is O=C(c1cn2cccc(F)c2n1)N1CCC(c2ncc(C(F)(F)F)[nH]2)CC1. The highest BCUT2D eigenvalue weighted by atomic mass is 19.4. The molecule has 4 rings (SSSR count). The number of pyridine rings is 1. The molecule has 0 radical (unpaired) electrons. The lowest BCUT2D eigenvalue weighted by Crippen LogP contribution is -2.38. The summed E-state index contributed by atoms with van der Waals surface area (Å²) >= 11 is 0. The van der Waals surface area contributed by atoms with Gasteiger partial charge in [-0.15, -0.1) is 0 Å². The van der Waals surface area contributed by atoms with Crippen molar-refractivity contribution >= 4 is 11.6 Å². The standard InChI is InChI=1S/C17H15F4N5O/c18-11-2-1-5-26-9-12(23-15(11)26)16(27)25-6-3-10(4-7-25)14-22-8-13(24-14)17(19,20)21/h1-2,5,8-10H,3-4,6-7H2,(H,22,24). The Morgan fingerprint density at radius 1 is 1.26 bits per heavy atom. The number of halogens is 4. The fraction of sp³-hybridized carbons (Fsp3) is 0.353. The number of rotatable bonds is 2. The van der Waals surface area contributed by atoms with Gasteiger partial charge in [0.25, 0.3) is 5.91 Å². The molecule has 3 aromatic heterocycles. The molecule has 1 fully saturated rings. The van der Waals surface area contributed by atoms with Gasteiger partial charge in [0.1, 0.15) is 17.2 Å². The van der Waals surface area contributed by atoms with Crippen LogP contribution in [0.3, 0.4) is 0 Å². The fourth-order valence-electron chi connectivity index (χ4n) is 3.29. The molecule has 0 aromatic carbocycles. The molecule has 4 heterocycles. The van der Waals surface area contributed by atoms with Crippen LogP contribution in [-0.2, 0) is 6.18 Å². The number of H-pyrrole nitrogens is 1. The van der Waals surface area contributed by atoms with Gasteiger partial charge in [0.05, 0.1) is 6.20 Å². The van der Waals surface area contributed by atoms with Gasteiger partial charge in [-0.2, -0.15) is 13.2 Å². The number of fused-ring (bicyclic) bond motifs is 1. The highest BCUT2D eigenvalue weighted by Gasteiger charge is 2.34. The van der Waals surface area contributed by atoms with Crippen LogP contribution in [0.4, 0.5) is 17.6 Å². The molecule has 0 atom stereocenters. The fourth-order valence-corrected chi connectivity index (χ4v) is 3.29. The summed E-state index contributed by atoms with van der Waals surface area (Å²) < 4.78 is 53.2. The summed E-state index contributed by atoms with van der Waals surface area (Å²) in [5.41, 5.74) is -0.662. The van der Waals surface area contributed by atoms with E-state index in [9.17, 15) is 22.4 Å². The predicted molar refractivity (Wildman–Crippen MR) is 86.6 cm³/mol. The van der Waals surface area contributed by atoms with Crippen molar-refractivity contribution in [1.29, 1.82) is 0 Å². The first kappa shape index (κ1) is 17.5. The summed E-state index contributed by atoms with van der Waals surface area (Å²) in [4.78, 5) is 24.4. The quantitative estimate of drug-likeness (QED) is 0.693. The minimum atomic E-state index is -4.46. The smallest absolute Gasteiger partial charge is 0.338 e. The molecule has 1 aliphatic rings. The van der Waals surface area contributed by atoms with Crippen molar-refractivity contribution in [3.05, 3.63) is 53.8 Å². The van der Waals surface area contributed by atoms with Gasteiger partial charge < -0.3 is 14.3 Å². The summed E-state index contributed by atoms with van der Waals surface area (Å²) in [6, 6.07) is 2.78. The van der Waals surface area contributed by atoms with Crippen molar-refractivity contribution in [3.63, 3.8) is 0 Å². The maximum Gasteiger partial charge on any atom is 0.432 e. The lowest BCUT2D eigenvalue weighted by molar-refractivity contribution is -0.141. The minimum absolute atomic E-state index is 0.0750. The van der Waals surface area contributed by atoms with Crippen LogP contribution >= 0.6 is 0 Å². The summed E-state index contributed by atoms with van der Waals surface area (Å²) in [6.45, 7) is 0.726. The van der Waals surface area contributed by atoms with Crippen molar-refractivity contribution in [3.8, 4) is 0 Å². The first-order valence-electron chi connectivity index (χ1n) is 8.37. The van der Waals surface area contributed by atoms with Gasteiger partial charge in [0.15, 0.2) is 11.5 Å². The lowest BCUT2D eigenvalue weighted by Gasteiger charge is -2.30. The molecule has 142 valence electrons. The van der Waals surface area contributed by atoms with Crippen molar-refractivity contribution in [2.75, 3.05) is 13.1 Å². The van der Waals surface area contributed by atoms with Crippen LogP contribution in [-0.4, -0.2) is 43.2 Å². The second-order valence-electron chi connectivity index (χ2n) is 6.46. The predicted octanol–water partition coefficient (Wildman–Crippen LogP) is 3.24. The largest absolute Gasteiger partial charge is 0.432 e. The Bertz CT molecular complexity index is 985. The molecule has 1 aliphatic heterocycles. The Labute approximate surface area is 150 Å². The van der Waals surface area contributed by atoms with E-state index in [-0.39, 0.29) is 29.0 Å². The van der Waals surface area contributed by atoms with Crippen molar-refractivity contribution in [2.45, 2.75) is 24.9 Å². The van der Waals surface area contributed by atoms with Crippen LogP contribution in [0.5, 0.6) is 0 Å². The molecule has 27 heavy (non-hydrogen) atoms. The second kappa shape index (κ2) is 6.36. The average Bonchev–Trinajstić information content (AvgIpc) is 3.29. The summed E-state index contributed by atoms with van der Waals surface area (Å²) in [6.07, 6.45) is 0.369. The minimum Gasteiger partial charge on any atom is -0.338 e. The first-order chi connectivity index (χ1) is 12.8. The van der Waals surface area contributed by atoms with Crippen LogP contribution < -0.4 is 0 Å².